The van der Waals surface area contributed by atoms with Crippen LogP contribution in [0.1, 0.15) is 19.8 Å². The summed E-state index contributed by atoms with van der Waals surface area (Å²) in [5.41, 5.74) is 5.52. The van der Waals surface area contributed by atoms with Crippen molar-refractivity contribution < 1.29 is 14.6 Å². The van der Waals surface area contributed by atoms with Gasteiger partial charge in [0.2, 0.25) is 0 Å². The minimum absolute atomic E-state index is 0.385. The molecular weight excluding hydrogens is 244 g/mol. The van der Waals surface area contributed by atoms with Crippen molar-refractivity contribution in [3.63, 3.8) is 0 Å². The molecular formula is C14H22N2O3. The van der Waals surface area contributed by atoms with Crippen LogP contribution in [-0.2, 0) is 4.79 Å². The van der Waals surface area contributed by atoms with Gasteiger partial charge in [-0.15, -0.1) is 0 Å². The minimum atomic E-state index is -1.19. The van der Waals surface area contributed by atoms with Crippen LogP contribution in [0.15, 0.2) is 24.3 Å². The van der Waals surface area contributed by atoms with E-state index >= 15 is 0 Å². The van der Waals surface area contributed by atoms with Crippen molar-refractivity contribution in [2.45, 2.75) is 25.3 Å². The van der Waals surface area contributed by atoms with Crippen LogP contribution in [0, 0.1) is 0 Å². The Labute approximate surface area is 114 Å². The largest absolute Gasteiger partial charge is 0.494 e. The predicted octanol–water partition coefficient (Wildman–Crippen LogP) is 1.71. The second-order valence-corrected chi connectivity index (χ2v) is 5.07. The lowest BCUT2D eigenvalue weighted by Gasteiger charge is -2.19. The van der Waals surface area contributed by atoms with Gasteiger partial charge in [-0.1, -0.05) is 6.07 Å². The van der Waals surface area contributed by atoms with E-state index in [1.165, 1.54) is 6.92 Å². The highest BCUT2D eigenvalue weighted by molar-refractivity contribution is 5.77. The van der Waals surface area contributed by atoms with E-state index in [4.69, 9.17) is 15.6 Å². The fourth-order valence-electron chi connectivity index (χ4n) is 1.59. The van der Waals surface area contributed by atoms with E-state index in [0.29, 0.717) is 19.4 Å². The second-order valence-electron chi connectivity index (χ2n) is 5.07. The number of carboxylic acids is 1. The fraction of sp³-hybridized carbons (Fsp3) is 0.500. The average molecular weight is 266 g/mol. The van der Waals surface area contributed by atoms with Crippen molar-refractivity contribution in [2.75, 3.05) is 25.6 Å². The number of carboxylic acid groups (broad SMARTS) is 1. The van der Waals surface area contributed by atoms with Crippen LogP contribution in [0.25, 0.3) is 0 Å². The molecule has 0 spiro atoms. The molecule has 1 aromatic carbocycles. The molecule has 0 radical (unpaired) electrons. The molecule has 1 aromatic rings. The molecule has 1 rings (SSSR count). The van der Waals surface area contributed by atoms with Crippen molar-refractivity contribution in [1.29, 1.82) is 0 Å². The molecule has 0 aliphatic heterocycles. The third-order valence-corrected chi connectivity index (χ3v) is 2.93. The van der Waals surface area contributed by atoms with Crippen molar-refractivity contribution in [3.8, 4) is 5.75 Å². The minimum Gasteiger partial charge on any atom is -0.494 e. The summed E-state index contributed by atoms with van der Waals surface area (Å²) in [6, 6.07) is 7.74. The highest BCUT2D eigenvalue weighted by Gasteiger charge is 2.26. The van der Waals surface area contributed by atoms with E-state index < -0.39 is 11.5 Å². The maximum absolute atomic E-state index is 10.8. The third-order valence-electron chi connectivity index (χ3n) is 2.93. The van der Waals surface area contributed by atoms with Gasteiger partial charge in [0.25, 0.3) is 0 Å². The zero-order chi connectivity index (χ0) is 14.5. The molecule has 106 valence electrons. The van der Waals surface area contributed by atoms with Crippen LogP contribution in [-0.4, -0.2) is 37.3 Å². The molecule has 1 unspecified atom stereocenters. The highest BCUT2D eigenvalue weighted by atomic mass is 16.5. The van der Waals surface area contributed by atoms with Crippen molar-refractivity contribution in [2.24, 2.45) is 5.73 Å². The number of carbonyl (C=O) groups is 1. The molecule has 3 N–H and O–H groups in total. The zero-order valence-corrected chi connectivity index (χ0v) is 11.7. The Bertz CT molecular complexity index is 430. The number of anilines is 1. The first kappa shape index (κ1) is 15.3. The summed E-state index contributed by atoms with van der Waals surface area (Å²) in [5, 5.41) is 8.88. The van der Waals surface area contributed by atoms with Crippen molar-refractivity contribution in [1.82, 2.24) is 0 Å². The maximum Gasteiger partial charge on any atom is 0.323 e. The lowest BCUT2D eigenvalue weighted by molar-refractivity contribution is -0.142. The molecule has 0 saturated heterocycles. The smallest absolute Gasteiger partial charge is 0.323 e. The van der Waals surface area contributed by atoms with Crippen LogP contribution in [0.5, 0.6) is 5.75 Å². The molecule has 0 fully saturated rings. The summed E-state index contributed by atoms with van der Waals surface area (Å²) >= 11 is 0. The van der Waals surface area contributed by atoms with Gasteiger partial charge in [-0.25, -0.2) is 0 Å². The topological polar surface area (TPSA) is 75.8 Å². The first-order valence-corrected chi connectivity index (χ1v) is 6.25. The SMILES string of the molecule is CN(C)c1cccc(OCCCC(C)(N)C(=O)O)c1. The van der Waals surface area contributed by atoms with E-state index in [2.05, 4.69) is 0 Å². The van der Waals surface area contributed by atoms with Crippen LogP contribution < -0.4 is 15.4 Å². The molecule has 5 nitrogen and oxygen atoms in total. The Balaban J connectivity index is 2.42. The summed E-state index contributed by atoms with van der Waals surface area (Å²) in [6.45, 7) is 1.97. The zero-order valence-electron chi connectivity index (χ0n) is 11.7. The van der Waals surface area contributed by atoms with E-state index in [1.54, 1.807) is 0 Å². The van der Waals surface area contributed by atoms with Gasteiger partial charge < -0.3 is 20.5 Å². The standard InChI is InChI=1S/C14H22N2O3/c1-14(15,13(17)18)8-5-9-19-12-7-4-6-11(10-12)16(2)3/h4,6-7,10H,5,8-9,15H2,1-3H3,(H,17,18). The predicted molar refractivity (Wildman–Crippen MR) is 75.7 cm³/mol. The van der Waals surface area contributed by atoms with Crippen molar-refractivity contribution in [3.05, 3.63) is 24.3 Å². The summed E-state index contributed by atoms with van der Waals surface area (Å²) in [5.74, 6) is -0.206. The maximum atomic E-state index is 10.8. The van der Waals surface area contributed by atoms with Gasteiger partial charge in [-0.05, 0) is 31.9 Å². The van der Waals surface area contributed by atoms with Crippen LogP contribution in [0.4, 0.5) is 5.69 Å². The molecule has 1 atom stereocenters. The Kier molecular flexibility index (Phi) is 5.18. The lowest BCUT2D eigenvalue weighted by Crippen LogP contribution is -2.44. The second kappa shape index (κ2) is 6.43. The number of hydrogen-bond donors (Lipinski definition) is 2. The van der Waals surface area contributed by atoms with E-state index in [0.717, 1.165) is 11.4 Å². The lowest BCUT2D eigenvalue weighted by atomic mass is 9.98. The number of nitrogens with zero attached hydrogens (tertiary/aromatic N) is 1. The number of aliphatic carboxylic acids is 1. The Hall–Kier alpha value is -1.75. The fourth-order valence-corrected chi connectivity index (χ4v) is 1.59. The van der Waals surface area contributed by atoms with Gasteiger partial charge >= 0.3 is 5.97 Å². The molecule has 19 heavy (non-hydrogen) atoms. The molecule has 0 aliphatic carbocycles. The van der Waals surface area contributed by atoms with E-state index in [1.807, 2.05) is 43.3 Å². The number of ether oxygens (including phenoxy) is 1. The number of nitrogens with two attached hydrogens (primary N) is 1. The van der Waals surface area contributed by atoms with E-state index in [9.17, 15) is 4.79 Å². The van der Waals surface area contributed by atoms with Gasteiger partial charge in [-0.3, -0.25) is 4.79 Å². The van der Waals surface area contributed by atoms with Gasteiger partial charge in [0.05, 0.1) is 6.61 Å². The normalized spacial score (nSPS) is 13.7. The third kappa shape index (κ3) is 4.79. The van der Waals surface area contributed by atoms with Gasteiger partial charge in [0, 0.05) is 25.8 Å². The Morgan fingerprint density at radius 1 is 1.47 bits per heavy atom. The molecule has 0 bridgehead atoms. The Morgan fingerprint density at radius 2 is 2.16 bits per heavy atom. The molecule has 5 heteroatoms. The van der Waals surface area contributed by atoms with E-state index in [-0.39, 0.29) is 0 Å². The van der Waals surface area contributed by atoms with Crippen LogP contribution in [0.2, 0.25) is 0 Å². The van der Waals surface area contributed by atoms with Crippen LogP contribution in [0.3, 0.4) is 0 Å². The quantitative estimate of drug-likeness (QED) is 0.735. The summed E-state index contributed by atoms with van der Waals surface area (Å²) in [7, 11) is 3.93. The highest BCUT2D eigenvalue weighted by Crippen LogP contribution is 2.19. The summed E-state index contributed by atoms with van der Waals surface area (Å²) in [4.78, 5) is 12.8. The van der Waals surface area contributed by atoms with Gasteiger partial charge in [0.15, 0.2) is 0 Å². The average Bonchev–Trinajstić information content (AvgIpc) is 2.35. The molecule has 0 aliphatic rings. The number of hydrogen-bond acceptors (Lipinski definition) is 4. The monoisotopic (exact) mass is 266 g/mol. The molecule has 0 aromatic heterocycles. The number of benzene rings is 1. The summed E-state index contributed by atoms with van der Waals surface area (Å²) < 4.78 is 5.60. The van der Waals surface area contributed by atoms with Crippen LogP contribution >= 0.6 is 0 Å². The Morgan fingerprint density at radius 3 is 2.74 bits per heavy atom. The van der Waals surface area contributed by atoms with Gasteiger partial charge in [-0.2, -0.15) is 0 Å². The first-order chi connectivity index (χ1) is 8.83. The van der Waals surface area contributed by atoms with Crippen molar-refractivity contribution >= 4 is 11.7 Å². The number of rotatable bonds is 7. The molecule has 0 saturated carbocycles. The molecule has 0 amide bonds. The van der Waals surface area contributed by atoms with Gasteiger partial charge in [0.1, 0.15) is 11.3 Å². The summed E-state index contributed by atoms with van der Waals surface area (Å²) in [6.07, 6.45) is 0.987. The first-order valence-electron chi connectivity index (χ1n) is 6.25. The molecule has 0 heterocycles.